The number of nitrogens with two attached hydrogens (primary N) is 1. The molecule has 1 amide bonds. The second kappa shape index (κ2) is 5.63. The van der Waals surface area contributed by atoms with Crippen molar-refractivity contribution in [1.29, 1.82) is 0 Å². The zero-order chi connectivity index (χ0) is 13.9. The Kier molecular flexibility index (Phi) is 4.11. The Morgan fingerprint density at radius 1 is 1.53 bits per heavy atom. The summed E-state index contributed by atoms with van der Waals surface area (Å²) in [5, 5.41) is 0. The molecule has 2 rings (SSSR count). The second-order valence-electron chi connectivity index (χ2n) is 4.99. The predicted molar refractivity (Wildman–Crippen MR) is 70.2 cm³/mol. The summed E-state index contributed by atoms with van der Waals surface area (Å²) < 4.78 is 5.20. The molecule has 1 fully saturated rings. The Hall–Kier alpha value is -1.53. The van der Waals surface area contributed by atoms with Gasteiger partial charge in [0.15, 0.2) is 0 Å². The van der Waals surface area contributed by atoms with Crippen LogP contribution in [0.3, 0.4) is 0 Å². The number of nitrogens with zero attached hydrogens (tertiary/aromatic N) is 3. The number of aryl methyl sites for hydroxylation is 1. The quantitative estimate of drug-likeness (QED) is 0.824. The summed E-state index contributed by atoms with van der Waals surface area (Å²) in [6.07, 6.45) is 5.26. The molecular weight excluding hydrogens is 244 g/mol. The summed E-state index contributed by atoms with van der Waals surface area (Å²) >= 11 is 0. The molecule has 0 radical (unpaired) electrons. The minimum Gasteiger partial charge on any atom is -0.382 e. The van der Waals surface area contributed by atoms with Gasteiger partial charge in [-0.1, -0.05) is 0 Å². The fourth-order valence-corrected chi connectivity index (χ4v) is 2.64. The lowest BCUT2D eigenvalue weighted by Gasteiger charge is -2.35. The normalized spacial score (nSPS) is 23.7. The SMILES string of the molecule is COCC1(C(N)=O)CCCN1Cc1cnc(C)nc1. The maximum atomic E-state index is 11.8. The number of primary amides is 1. The second-order valence-corrected chi connectivity index (χ2v) is 4.99. The van der Waals surface area contributed by atoms with E-state index in [2.05, 4.69) is 14.9 Å². The molecule has 0 saturated carbocycles. The summed E-state index contributed by atoms with van der Waals surface area (Å²) in [7, 11) is 1.59. The van der Waals surface area contributed by atoms with Gasteiger partial charge in [-0.15, -0.1) is 0 Å². The number of carbonyl (C=O) groups excluding carboxylic acids is 1. The van der Waals surface area contributed by atoms with Crippen molar-refractivity contribution in [3.63, 3.8) is 0 Å². The van der Waals surface area contributed by atoms with Crippen LogP contribution in [0.1, 0.15) is 24.2 Å². The molecule has 1 atom stereocenters. The number of methoxy groups -OCH3 is 1. The molecule has 1 aliphatic heterocycles. The number of carbonyl (C=O) groups is 1. The number of likely N-dealkylation sites (tertiary alicyclic amines) is 1. The van der Waals surface area contributed by atoms with Crippen molar-refractivity contribution >= 4 is 5.91 Å². The van der Waals surface area contributed by atoms with Crippen molar-refractivity contribution in [3.8, 4) is 0 Å². The van der Waals surface area contributed by atoms with Crippen LogP contribution in [0, 0.1) is 6.92 Å². The van der Waals surface area contributed by atoms with Gasteiger partial charge in [0.25, 0.3) is 0 Å². The van der Waals surface area contributed by atoms with Gasteiger partial charge >= 0.3 is 0 Å². The highest BCUT2D eigenvalue weighted by atomic mass is 16.5. The van der Waals surface area contributed by atoms with Crippen molar-refractivity contribution < 1.29 is 9.53 Å². The van der Waals surface area contributed by atoms with Crippen molar-refractivity contribution in [1.82, 2.24) is 14.9 Å². The number of rotatable bonds is 5. The number of aromatic nitrogens is 2. The minimum absolute atomic E-state index is 0.320. The lowest BCUT2D eigenvalue weighted by Crippen LogP contribution is -2.56. The van der Waals surface area contributed by atoms with Gasteiger partial charge in [-0.3, -0.25) is 9.69 Å². The third kappa shape index (κ3) is 2.74. The summed E-state index contributed by atoms with van der Waals surface area (Å²) in [6.45, 7) is 3.63. The van der Waals surface area contributed by atoms with E-state index >= 15 is 0 Å². The first-order chi connectivity index (χ1) is 9.08. The largest absolute Gasteiger partial charge is 0.382 e. The van der Waals surface area contributed by atoms with E-state index in [4.69, 9.17) is 10.5 Å². The van der Waals surface area contributed by atoms with Gasteiger partial charge < -0.3 is 10.5 Å². The molecule has 19 heavy (non-hydrogen) atoms. The van der Waals surface area contributed by atoms with Crippen LogP contribution in [-0.4, -0.2) is 46.6 Å². The molecule has 1 unspecified atom stereocenters. The molecule has 1 aliphatic rings. The topological polar surface area (TPSA) is 81.3 Å². The van der Waals surface area contributed by atoms with Crippen LogP contribution in [0.5, 0.6) is 0 Å². The third-order valence-electron chi connectivity index (χ3n) is 3.67. The van der Waals surface area contributed by atoms with E-state index in [0.717, 1.165) is 30.8 Å². The highest BCUT2D eigenvalue weighted by molar-refractivity contribution is 5.85. The smallest absolute Gasteiger partial charge is 0.240 e. The van der Waals surface area contributed by atoms with E-state index in [1.54, 1.807) is 19.5 Å². The maximum Gasteiger partial charge on any atom is 0.240 e. The average Bonchev–Trinajstić information content (AvgIpc) is 2.77. The molecule has 0 aromatic carbocycles. The van der Waals surface area contributed by atoms with Crippen LogP contribution in [-0.2, 0) is 16.1 Å². The van der Waals surface area contributed by atoms with Crippen LogP contribution in [0.2, 0.25) is 0 Å². The van der Waals surface area contributed by atoms with Crippen LogP contribution < -0.4 is 5.73 Å². The molecule has 1 saturated heterocycles. The molecule has 1 aromatic heterocycles. The summed E-state index contributed by atoms with van der Waals surface area (Å²) in [5.41, 5.74) is 5.88. The van der Waals surface area contributed by atoms with E-state index in [1.165, 1.54) is 0 Å². The zero-order valence-corrected chi connectivity index (χ0v) is 11.4. The molecule has 104 valence electrons. The first-order valence-electron chi connectivity index (χ1n) is 6.40. The highest BCUT2D eigenvalue weighted by Crippen LogP contribution is 2.30. The Balaban J connectivity index is 2.17. The fourth-order valence-electron chi connectivity index (χ4n) is 2.64. The first kappa shape index (κ1) is 13.9. The lowest BCUT2D eigenvalue weighted by atomic mass is 9.96. The Morgan fingerprint density at radius 3 is 2.79 bits per heavy atom. The van der Waals surface area contributed by atoms with Crippen molar-refractivity contribution in [2.24, 2.45) is 5.73 Å². The van der Waals surface area contributed by atoms with Gasteiger partial charge in [-0.2, -0.15) is 0 Å². The van der Waals surface area contributed by atoms with Gasteiger partial charge in [0, 0.05) is 31.6 Å². The highest BCUT2D eigenvalue weighted by Gasteiger charge is 2.46. The molecule has 0 spiro atoms. The molecule has 2 heterocycles. The first-order valence-corrected chi connectivity index (χ1v) is 6.40. The molecule has 0 bridgehead atoms. The molecule has 2 N–H and O–H groups in total. The Bertz CT molecular complexity index is 448. The van der Waals surface area contributed by atoms with Crippen LogP contribution >= 0.6 is 0 Å². The van der Waals surface area contributed by atoms with E-state index in [9.17, 15) is 4.79 Å². The molecule has 1 aromatic rings. The molecular formula is C13H20N4O2. The Morgan fingerprint density at radius 2 is 2.21 bits per heavy atom. The van der Waals surface area contributed by atoms with E-state index in [-0.39, 0.29) is 5.91 Å². The van der Waals surface area contributed by atoms with Crippen molar-refractivity contribution in [3.05, 3.63) is 23.8 Å². The maximum absolute atomic E-state index is 11.8. The summed E-state index contributed by atoms with van der Waals surface area (Å²) in [6, 6.07) is 0. The monoisotopic (exact) mass is 264 g/mol. The summed E-state index contributed by atoms with van der Waals surface area (Å²) in [4.78, 5) is 22.3. The number of hydrogen-bond donors (Lipinski definition) is 1. The molecule has 6 nitrogen and oxygen atoms in total. The third-order valence-corrected chi connectivity index (χ3v) is 3.67. The molecule has 0 aliphatic carbocycles. The summed E-state index contributed by atoms with van der Waals surface area (Å²) in [5.74, 6) is 0.420. The Labute approximate surface area is 113 Å². The lowest BCUT2D eigenvalue weighted by molar-refractivity contribution is -0.132. The van der Waals surface area contributed by atoms with Crippen LogP contribution in [0.25, 0.3) is 0 Å². The number of amides is 1. The molecule has 6 heteroatoms. The van der Waals surface area contributed by atoms with Gasteiger partial charge in [0.05, 0.1) is 6.61 Å². The average molecular weight is 264 g/mol. The predicted octanol–water partition coefficient (Wildman–Crippen LogP) is 0.251. The van der Waals surface area contributed by atoms with E-state index < -0.39 is 5.54 Å². The number of hydrogen-bond acceptors (Lipinski definition) is 5. The van der Waals surface area contributed by atoms with Gasteiger partial charge in [-0.05, 0) is 26.3 Å². The van der Waals surface area contributed by atoms with Crippen molar-refractivity contribution in [2.75, 3.05) is 20.3 Å². The number of ether oxygens (including phenoxy) is 1. The van der Waals surface area contributed by atoms with E-state index in [0.29, 0.717) is 13.2 Å². The minimum atomic E-state index is -0.695. The fraction of sp³-hybridized carbons (Fsp3) is 0.615. The van der Waals surface area contributed by atoms with Crippen LogP contribution in [0.15, 0.2) is 12.4 Å². The van der Waals surface area contributed by atoms with Gasteiger partial charge in [0.1, 0.15) is 11.4 Å². The standard InChI is InChI=1S/C13H20N4O2/c1-10-15-6-11(7-16-10)8-17-5-3-4-13(17,9-19-2)12(14)18/h6-7H,3-5,8-9H2,1-2H3,(H2,14,18). The van der Waals surface area contributed by atoms with Crippen molar-refractivity contribution in [2.45, 2.75) is 31.8 Å². The van der Waals surface area contributed by atoms with Gasteiger partial charge in [-0.25, -0.2) is 9.97 Å². The zero-order valence-electron chi connectivity index (χ0n) is 11.4. The van der Waals surface area contributed by atoms with E-state index in [1.807, 2.05) is 6.92 Å². The van der Waals surface area contributed by atoms with Crippen LogP contribution in [0.4, 0.5) is 0 Å². The van der Waals surface area contributed by atoms with Gasteiger partial charge in [0.2, 0.25) is 5.91 Å².